The van der Waals surface area contributed by atoms with Gasteiger partial charge in [0.1, 0.15) is 4.21 Å². The highest BCUT2D eigenvalue weighted by Crippen LogP contribution is 2.28. The molecule has 1 aromatic carbocycles. The molecule has 1 atom stereocenters. The number of amides is 2. The summed E-state index contributed by atoms with van der Waals surface area (Å²) in [6.07, 6.45) is 1.37. The van der Waals surface area contributed by atoms with E-state index in [4.69, 9.17) is 0 Å². The van der Waals surface area contributed by atoms with E-state index in [1.165, 1.54) is 15.6 Å². The quantitative estimate of drug-likeness (QED) is 0.741. The summed E-state index contributed by atoms with van der Waals surface area (Å²) in [5.41, 5.74) is 1.58. The van der Waals surface area contributed by atoms with Gasteiger partial charge in [-0.15, -0.1) is 11.3 Å². The lowest BCUT2D eigenvalue weighted by Gasteiger charge is -2.23. The standard InChI is InChI=1S/C18H21N3O4S2/c1-13-6-8-14(9-7-13)20-18(23)17(22)19-12-15-4-2-10-21(15)27(24,25)16-5-3-11-26-16/h3,5-9,11,15H,2,4,10,12H2,1H3,(H,19,22)(H,20,23)/t15-/m1/s1. The van der Waals surface area contributed by atoms with Gasteiger partial charge in [-0.3, -0.25) is 9.59 Å². The van der Waals surface area contributed by atoms with Crippen LogP contribution in [0.15, 0.2) is 46.0 Å². The van der Waals surface area contributed by atoms with Gasteiger partial charge in [0.15, 0.2) is 0 Å². The van der Waals surface area contributed by atoms with Crippen molar-refractivity contribution in [3.63, 3.8) is 0 Å². The average molecular weight is 408 g/mol. The van der Waals surface area contributed by atoms with Crippen molar-refractivity contribution in [2.24, 2.45) is 0 Å². The summed E-state index contributed by atoms with van der Waals surface area (Å²) in [5.74, 6) is -1.56. The molecule has 0 bridgehead atoms. The minimum atomic E-state index is -3.57. The zero-order valence-corrected chi connectivity index (χ0v) is 16.5. The smallest absolute Gasteiger partial charge is 0.313 e. The number of anilines is 1. The Balaban J connectivity index is 1.57. The van der Waals surface area contributed by atoms with Crippen LogP contribution in [0.4, 0.5) is 5.69 Å². The molecule has 1 aliphatic rings. The van der Waals surface area contributed by atoms with Gasteiger partial charge in [0.2, 0.25) is 0 Å². The van der Waals surface area contributed by atoms with Crippen LogP contribution in [0.25, 0.3) is 0 Å². The Morgan fingerprint density at radius 2 is 1.93 bits per heavy atom. The van der Waals surface area contributed by atoms with Gasteiger partial charge in [-0.05, 0) is 43.3 Å². The van der Waals surface area contributed by atoms with Crippen LogP contribution < -0.4 is 10.6 Å². The summed E-state index contributed by atoms with van der Waals surface area (Å²) < 4.78 is 27.1. The van der Waals surface area contributed by atoms with Gasteiger partial charge in [0.25, 0.3) is 10.0 Å². The maximum atomic E-state index is 12.7. The Bertz CT molecular complexity index is 909. The molecule has 0 saturated carbocycles. The number of carbonyl (C=O) groups excluding carboxylic acids is 2. The molecule has 0 unspecified atom stereocenters. The molecule has 9 heteroatoms. The number of thiophene rings is 1. The van der Waals surface area contributed by atoms with E-state index in [1.807, 2.05) is 19.1 Å². The van der Waals surface area contributed by atoms with Crippen molar-refractivity contribution in [3.05, 3.63) is 47.3 Å². The molecule has 0 aliphatic carbocycles. The third kappa shape index (κ3) is 4.55. The molecule has 0 radical (unpaired) electrons. The van der Waals surface area contributed by atoms with Crippen molar-refractivity contribution in [2.45, 2.75) is 30.0 Å². The Labute approximate surface area is 162 Å². The number of carbonyl (C=O) groups is 2. The second-order valence-electron chi connectivity index (χ2n) is 6.37. The number of benzene rings is 1. The lowest BCUT2D eigenvalue weighted by atomic mass is 10.2. The molecule has 1 saturated heterocycles. The number of hydrogen-bond acceptors (Lipinski definition) is 5. The Kier molecular flexibility index (Phi) is 5.93. The summed E-state index contributed by atoms with van der Waals surface area (Å²) in [5, 5.41) is 6.79. The van der Waals surface area contributed by atoms with Crippen molar-refractivity contribution < 1.29 is 18.0 Å². The lowest BCUT2D eigenvalue weighted by molar-refractivity contribution is -0.136. The number of nitrogens with one attached hydrogen (secondary N) is 2. The van der Waals surface area contributed by atoms with Crippen LogP contribution >= 0.6 is 11.3 Å². The van der Waals surface area contributed by atoms with E-state index in [0.717, 1.165) is 12.0 Å². The van der Waals surface area contributed by atoms with E-state index in [0.29, 0.717) is 18.7 Å². The Morgan fingerprint density at radius 3 is 2.59 bits per heavy atom. The van der Waals surface area contributed by atoms with Crippen LogP contribution in [0.2, 0.25) is 0 Å². The average Bonchev–Trinajstić information content (AvgIpc) is 3.33. The minimum absolute atomic E-state index is 0.102. The van der Waals surface area contributed by atoms with E-state index < -0.39 is 21.8 Å². The van der Waals surface area contributed by atoms with Gasteiger partial charge < -0.3 is 10.6 Å². The maximum absolute atomic E-state index is 12.7. The minimum Gasteiger partial charge on any atom is -0.346 e. The van der Waals surface area contributed by atoms with Crippen molar-refractivity contribution in [1.29, 1.82) is 0 Å². The van der Waals surface area contributed by atoms with Crippen LogP contribution in [0, 0.1) is 6.92 Å². The first-order valence-electron chi connectivity index (χ1n) is 8.59. The highest BCUT2D eigenvalue weighted by Gasteiger charge is 2.36. The van der Waals surface area contributed by atoms with Gasteiger partial charge in [0, 0.05) is 24.8 Å². The van der Waals surface area contributed by atoms with Gasteiger partial charge >= 0.3 is 11.8 Å². The Morgan fingerprint density at radius 1 is 1.19 bits per heavy atom. The molecule has 2 heterocycles. The molecule has 7 nitrogen and oxygen atoms in total. The highest BCUT2D eigenvalue weighted by molar-refractivity contribution is 7.91. The maximum Gasteiger partial charge on any atom is 0.313 e. The van der Waals surface area contributed by atoms with Gasteiger partial charge in [-0.1, -0.05) is 23.8 Å². The van der Waals surface area contributed by atoms with Crippen LogP contribution in [0.5, 0.6) is 0 Å². The molecule has 144 valence electrons. The number of rotatable bonds is 5. The molecule has 1 fully saturated rings. The first-order chi connectivity index (χ1) is 12.9. The molecule has 1 aromatic heterocycles. The van der Waals surface area contributed by atoms with Crippen molar-refractivity contribution in [3.8, 4) is 0 Å². The summed E-state index contributed by atoms with van der Waals surface area (Å²) in [6.45, 7) is 2.44. The topological polar surface area (TPSA) is 95.6 Å². The predicted octanol–water partition coefficient (Wildman–Crippen LogP) is 1.96. The van der Waals surface area contributed by atoms with Crippen LogP contribution in [-0.2, 0) is 19.6 Å². The fourth-order valence-corrected chi connectivity index (χ4v) is 5.78. The molecule has 1 aliphatic heterocycles. The van der Waals surface area contributed by atoms with Crippen molar-refractivity contribution in [1.82, 2.24) is 9.62 Å². The van der Waals surface area contributed by atoms with Crippen molar-refractivity contribution >= 4 is 38.9 Å². The molecule has 2 aromatic rings. The molecule has 2 N–H and O–H groups in total. The number of sulfonamides is 1. The third-order valence-corrected chi connectivity index (χ3v) is 7.72. The molecule has 3 rings (SSSR count). The first kappa shape index (κ1) is 19.5. The second-order valence-corrected chi connectivity index (χ2v) is 9.44. The fraction of sp³-hybridized carbons (Fsp3) is 0.333. The fourth-order valence-electron chi connectivity index (χ4n) is 2.97. The molecule has 27 heavy (non-hydrogen) atoms. The summed E-state index contributed by atoms with van der Waals surface area (Å²) in [4.78, 5) is 24.1. The van der Waals surface area contributed by atoms with Gasteiger partial charge in [0.05, 0.1) is 0 Å². The SMILES string of the molecule is Cc1ccc(NC(=O)C(=O)NC[C@H]2CCCN2S(=O)(=O)c2cccs2)cc1. The number of aryl methyl sites for hydroxylation is 1. The van der Waals surface area contributed by atoms with E-state index in [1.54, 1.807) is 29.6 Å². The lowest BCUT2D eigenvalue weighted by Crippen LogP contribution is -2.45. The molecule has 2 amide bonds. The van der Waals surface area contributed by atoms with E-state index in [9.17, 15) is 18.0 Å². The number of hydrogen-bond donors (Lipinski definition) is 2. The van der Waals surface area contributed by atoms with Gasteiger partial charge in [-0.25, -0.2) is 8.42 Å². The van der Waals surface area contributed by atoms with E-state index >= 15 is 0 Å². The zero-order chi connectivity index (χ0) is 19.4. The summed E-state index contributed by atoms with van der Waals surface area (Å²) in [7, 11) is -3.57. The highest BCUT2D eigenvalue weighted by atomic mass is 32.2. The number of nitrogens with zero attached hydrogens (tertiary/aromatic N) is 1. The second kappa shape index (κ2) is 8.20. The van der Waals surface area contributed by atoms with E-state index in [2.05, 4.69) is 10.6 Å². The zero-order valence-electron chi connectivity index (χ0n) is 14.8. The normalized spacial score (nSPS) is 17.6. The van der Waals surface area contributed by atoms with Gasteiger partial charge in [-0.2, -0.15) is 4.31 Å². The molecular formula is C18H21N3O4S2. The summed E-state index contributed by atoms with van der Waals surface area (Å²) >= 11 is 1.17. The Hall–Kier alpha value is -2.23. The van der Waals surface area contributed by atoms with Crippen LogP contribution in [0.3, 0.4) is 0 Å². The predicted molar refractivity (Wildman–Crippen MR) is 104 cm³/mol. The van der Waals surface area contributed by atoms with Crippen LogP contribution in [-0.4, -0.2) is 43.7 Å². The van der Waals surface area contributed by atoms with E-state index in [-0.39, 0.29) is 16.8 Å². The monoisotopic (exact) mass is 407 g/mol. The van der Waals surface area contributed by atoms with Crippen LogP contribution in [0.1, 0.15) is 18.4 Å². The summed E-state index contributed by atoms with van der Waals surface area (Å²) in [6, 6.07) is 10.0. The van der Waals surface area contributed by atoms with Crippen molar-refractivity contribution in [2.75, 3.05) is 18.4 Å². The largest absolute Gasteiger partial charge is 0.346 e. The third-order valence-electron chi connectivity index (χ3n) is 4.40. The molecular weight excluding hydrogens is 386 g/mol. The first-order valence-corrected chi connectivity index (χ1v) is 10.9. The molecule has 0 spiro atoms.